The molecule has 1 N–H and O–H groups in total. The van der Waals surface area contributed by atoms with E-state index >= 15 is 0 Å². The SMILES string of the molecule is CN(CC(=O)Nc1ccccc1)C(=O)c1ccn(-c2ccc([N+](=O)[O-])cc2)n1. The van der Waals surface area contributed by atoms with Gasteiger partial charge in [0.2, 0.25) is 5.91 Å². The second-order valence-corrected chi connectivity index (χ2v) is 5.99. The van der Waals surface area contributed by atoms with Gasteiger partial charge in [0.25, 0.3) is 11.6 Å². The van der Waals surface area contributed by atoms with E-state index < -0.39 is 10.8 Å². The minimum absolute atomic E-state index is 0.0311. The van der Waals surface area contributed by atoms with Crippen molar-refractivity contribution < 1.29 is 14.5 Å². The number of aromatic nitrogens is 2. The fourth-order valence-corrected chi connectivity index (χ4v) is 2.51. The number of nitrogens with one attached hydrogen (secondary N) is 1. The van der Waals surface area contributed by atoms with Gasteiger partial charge in [0, 0.05) is 31.1 Å². The maximum Gasteiger partial charge on any atom is 0.274 e. The zero-order valence-corrected chi connectivity index (χ0v) is 15.0. The highest BCUT2D eigenvalue weighted by Gasteiger charge is 2.18. The number of benzene rings is 2. The normalized spacial score (nSPS) is 10.3. The van der Waals surface area contributed by atoms with Gasteiger partial charge >= 0.3 is 0 Å². The molecule has 0 fully saturated rings. The van der Waals surface area contributed by atoms with E-state index in [1.807, 2.05) is 6.07 Å². The highest BCUT2D eigenvalue weighted by atomic mass is 16.6. The van der Waals surface area contributed by atoms with E-state index in [-0.39, 0.29) is 23.8 Å². The molecule has 3 rings (SSSR count). The van der Waals surface area contributed by atoms with Crippen molar-refractivity contribution >= 4 is 23.2 Å². The van der Waals surface area contributed by atoms with E-state index in [1.54, 1.807) is 30.5 Å². The number of nitro groups is 1. The highest BCUT2D eigenvalue weighted by Crippen LogP contribution is 2.15. The van der Waals surface area contributed by atoms with Crippen LogP contribution in [0, 0.1) is 10.1 Å². The molecule has 2 aromatic carbocycles. The molecule has 0 aliphatic carbocycles. The predicted octanol–water partition coefficient (Wildman–Crippen LogP) is 2.49. The van der Waals surface area contributed by atoms with E-state index in [0.29, 0.717) is 11.4 Å². The number of rotatable bonds is 6. The Bertz CT molecular complexity index is 999. The Kier molecular flexibility index (Phi) is 5.45. The first kappa shape index (κ1) is 18.8. The fraction of sp³-hybridized carbons (Fsp3) is 0.105. The van der Waals surface area contributed by atoms with Crippen molar-refractivity contribution in [2.75, 3.05) is 18.9 Å². The second kappa shape index (κ2) is 8.12. The van der Waals surface area contributed by atoms with E-state index in [2.05, 4.69) is 10.4 Å². The van der Waals surface area contributed by atoms with Crippen LogP contribution in [-0.2, 0) is 4.79 Å². The van der Waals surface area contributed by atoms with Crippen LogP contribution in [0.1, 0.15) is 10.5 Å². The zero-order valence-electron chi connectivity index (χ0n) is 15.0. The van der Waals surface area contributed by atoms with Crippen LogP contribution >= 0.6 is 0 Å². The number of carbonyl (C=O) groups excluding carboxylic acids is 2. The predicted molar refractivity (Wildman–Crippen MR) is 102 cm³/mol. The topological polar surface area (TPSA) is 110 Å². The summed E-state index contributed by atoms with van der Waals surface area (Å²) in [6, 6.07) is 16.3. The summed E-state index contributed by atoms with van der Waals surface area (Å²) < 4.78 is 1.44. The summed E-state index contributed by atoms with van der Waals surface area (Å²) in [4.78, 5) is 36.1. The summed E-state index contributed by atoms with van der Waals surface area (Å²) in [5.74, 6) is -0.735. The molecule has 0 unspecified atom stereocenters. The lowest BCUT2D eigenvalue weighted by atomic mass is 10.3. The summed E-state index contributed by atoms with van der Waals surface area (Å²) in [6.45, 7) is -0.127. The quantitative estimate of drug-likeness (QED) is 0.523. The molecule has 142 valence electrons. The maximum atomic E-state index is 12.5. The van der Waals surface area contributed by atoms with Crippen LogP contribution in [-0.4, -0.2) is 45.0 Å². The van der Waals surface area contributed by atoms with Gasteiger partial charge in [0.15, 0.2) is 5.69 Å². The van der Waals surface area contributed by atoms with E-state index in [9.17, 15) is 19.7 Å². The first-order chi connectivity index (χ1) is 13.4. The first-order valence-electron chi connectivity index (χ1n) is 8.35. The smallest absolute Gasteiger partial charge is 0.274 e. The number of hydrogen-bond acceptors (Lipinski definition) is 5. The Morgan fingerprint density at radius 2 is 1.79 bits per heavy atom. The molecule has 28 heavy (non-hydrogen) atoms. The molecule has 0 aliphatic heterocycles. The summed E-state index contributed by atoms with van der Waals surface area (Å²) in [5.41, 5.74) is 1.36. The van der Waals surface area contributed by atoms with Crippen molar-refractivity contribution in [2.24, 2.45) is 0 Å². The fourth-order valence-electron chi connectivity index (χ4n) is 2.51. The lowest BCUT2D eigenvalue weighted by Gasteiger charge is -2.15. The molecule has 0 spiro atoms. The zero-order chi connectivity index (χ0) is 20.1. The van der Waals surface area contributed by atoms with Crippen molar-refractivity contribution in [1.29, 1.82) is 0 Å². The standard InChI is InChI=1S/C19H17N5O4/c1-22(13-18(25)20-14-5-3-2-4-6-14)19(26)17-11-12-23(21-17)15-7-9-16(10-8-15)24(27)28/h2-12H,13H2,1H3,(H,20,25). The first-order valence-corrected chi connectivity index (χ1v) is 8.35. The lowest BCUT2D eigenvalue weighted by molar-refractivity contribution is -0.384. The molecule has 0 saturated carbocycles. The third-order valence-corrected chi connectivity index (χ3v) is 3.92. The van der Waals surface area contributed by atoms with Crippen LogP contribution in [0.3, 0.4) is 0 Å². The molecule has 3 aromatic rings. The number of nitrogens with zero attached hydrogens (tertiary/aromatic N) is 4. The third kappa shape index (κ3) is 4.39. The van der Waals surface area contributed by atoms with E-state index in [4.69, 9.17) is 0 Å². The number of non-ortho nitro benzene ring substituents is 1. The molecule has 0 radical (unpaired) electrons. The van der Waals surface area contributed by atoms with Crippen LogP contribution in [0.15, 0.2) is 66.9 Å². The largest absolute Gasteiger partial charge is 0.331 e. The number of anilines is 1. The van der Waals surface area contributed by atoms with Crippen LogP contribution in [0.4, 0.5) is 11.4 Å². The van der Waals surface area contributed by atoms with E-state index in [0.717, 1.165) is 0 Å². The number of likely N-dealkylation sites (N-methyl/N-ethyl adjacent to an activating group) is 1. The van der Waals surface area contributed by atoms with Gasteiger partial charge in [-0.25, -0.2) is 4.68 Å². The molecule has 0 aliphatic rings. The minimum atomic E-state index is -0.489. The van der Waals surface area contributed by atoms with Gasteiger partial charge in [-0.1, -0.05) is 18.2 Å². The molecule has 0 bridgehead atoms. The number of para-hydroxylation sites is 1. The third-order valence-electron chi connectivity index (χ3n) is 3.92. The molecule has 0 atom stereocenters. The number of amides is 2. The van der Waals surface area contributed by atoms with Crippen LogP contribution in [0.2, 0.25) is 0 Å². The van der Waals surface area contributed by atoms with Crippen molar-refractivity contribution in [1.82, 2.24) is 14.7 Å². The molecule has 9 heteroatoms. The maximum absolute atomic E-state index is 12.5. The van der Waals surface area contributed by atoms with Gasteiger partial charge in [0.05, 0.1) is 17.2 Å². The molecular formula is C19H17N5O4. The Labute approximate surface area is 160 Å². The Morgan fingerprint density at radius 1 is 1.11 bits per heavy atom. The molecule has 9 nitrogen and oxygen atoms in total. The average Bonchev–Trinajstić information content (AvgIpc) is 3.18. The Morgan fingerprint density at radius 3 is 2.43 bits per heavy atom. The van der Waals surface area contributed by atoms with Crippen molar-refractivity contribution in [3.05, 3.63) is 82.7 Å². The molecular weight excluding hydrogens is 362 g/mol. The molecule has 2 amide bonds. The molecule has 0 saturated heterocycles. The summed E-state index contributed by atoms with van der Waals surface area (Å²) in [5, 5.41) is 17.6. The molecule has 1 heterocycles. The summed E-state index contributed by atoms with van der Waals surface area (Å²) in [6.07, 6.45) is 1.58. The molecule has 1 aromatic heterocycles. The van der Waals surface area contributed by atoms with Gasteiger partial charge in [-0.2, -0.15) is 5.10 Å². The van der Waals surface area contributed by atoms with E-state index in [1.165, 1.54) is 47.0 Å². The van der Waals surface area contributed by atoms with Crippen molar-refractivity contribution in [2.45, 2.75) is 0 Å². The lowest BCUT2D eigenvalue weighted by Crippen LogP contribution is -2.35. The van der Waals surface area contributed by atoms with Gasteiger partial charge in [-0.15, -0.1) is 0 Å². The number of carbonyl (C=O) groups is 2. The van der Waals surface area contributed by atoms with Gasteiger partial charge < -0.3 is 10.2 Å². The summed E-state index contributed by atoms with van der Waals surface area (Å²) >= 11 is 0. The Hall–Kier alpha value is -4.01. The average molecular weight is 379 g/mol. The van der Waals surface area contributed by atoms with Gasteiger partial charge in [-0.3, -0.25) is 19.7 Å². The van der Waals surface area contributed by atoms with Crippen LogP contribution in [0.5, 0.6) is 0 Å². The van der Waals surface area contributed by atoms with Crippen LogP contribution < -0.4 is 5.32 Å². The highest BCUT2D eigenvalue weighted by molar-refractivity contribution is 5.98. The number of nitro benzene ring substituents is 1. The Balaban J connectivity index is 1.64. The van der Waals surface area contributed by atoms with Crippen molar-refractivity contribution in [3.63, 3.8) is 0 Å². The van der Waals surface area contributed by atoms with Crippen molar-refractivity contribution in [3.8, 4) is 5.69 Å². The van der Waals surface area contributed by atoms with Crippen LogP contribution in [0.25, 0.3) is 5.69 Å². The van der Waals surface area contributed by atoms with Gasteiger partial charge in [0.1, 0.15) is 0 Å². The van der Waals surface area contributed by atoms with Gasteiger partial charge in [-0.05, 0) is 30.3 Å². The number of hydrogen-bond donors (Lipinski definition) is 1. The second-order valence-electron chi connectivity index (χ2n) is 5.99. The monoisotopic (exact) mass is 379 g/mol. The minimum Gasteiger partial charge on any atom is -0.331 e. The summed E-state index contributed by atoms with van der Waals surface area (Å²) in [7, 11) is 1.51.